The van der Waals surface area contributed by atoms with Gasteiger partial charge < -0.3 is 5.32 Å². The molecule has 2 aromatic rings. The standard InChI is InChI=1S/C13H10Cl3N3O2/c1-7-2-3-10(8(14)4-7)18-11(20)6-19-13(21)12(16)9(15)5-17-19/h2-5H,6H2,1H3,(H,18,20). The third kappa shape index (κ3) is 3.75. The van der Waals surface area contributed by atoms with E-state index in [4.69, 9.17) is 34.8 Å². The normalized spacial score (nSPS) is 10.5. The molecule has 0 saturated carbocycles. The van der Waals surface area contributed by atoms with Crippen molar-refractivity contribution in [2.45, 2.75) is 13.5 Å². The maximum atomic E-state index is 11.9. The number of aryl methyl sites for hydroxylation is 1. The summed E-state index contributed by atoms with van der Waals surface area (Å²) in [6.07, 6.45) is 1.21. The molecule has 1 aromatic carbocycles. The Labute approximate surface area is 135 Å². The maximum Gasteiger partial charge on any atom is 0.287 e. The summed E-state index contributed by atoms with van der Waals surface area (Å²) in [5, 5.41) is 6.63. The molecule has 21 heavy (non-hydrogen) atoms. The van der Waals surface area contributed by atoms with Crippen molar-refractivity contribution in [1.29, 1.82) is 0 Å². The van der Waals surface area contributed by atoms with Crippen LogP contribution in [0.2, 0.25) is 15.1 Å². The van der Waals surface area contributed by atoms with Gasteiger partial charge in [-0.25, -0.2) is 4.68 Å². The fourth-order valence-electron chi connectivity index (χ4n) is 1.60. The molecule has 0 fully saturated rings. The van der Waals surface area contributed by atoms with Gasteiger partial charge in [-0.05, 0) is 24.6 Å². The molecule has 0 bridgehead atoms. The van der Waals surface area contributed by atoms with E-state index in [9.17, 15) is 9.59 Å². The molecule has 0 radical (unpaired) electrons. The third-order valence-corrected chi connectivity index (χ3v) is 3.70. The van der Waals surface area contributed by atoms with Crippen LogP contribution < -0.4 is 10.9 Å². The molecule has 0 saturated heterocycles. The summed E-state index contributed by atoms with van der Waals surface area (Å²) in [5.41, 5.74) is 0.801. The Balaban J connectivity index is 2.16. The molecule has 1 heterocycles. The van der Waals surface area contributed by atoms with Crippen molar-refractivity contribution in [3.8, 4) is 0 Å². The molecular weight excluding hydrogens is 337 g/mol. The predicted octanol–water partition coefficient (Wildman–Crippen LogP) is 3.15. The number of carbonyl (C=O) groups is 1. The van der Waals surface area contributed by atoms with E-state index < -0.39 is 11.5 Å². The van der Waals surface area contributed by atoms with Gasteiger partial charge in [0.15, 0.2) is 0 Å². The molecule has 1 aromatic heterocycles. The number of aromatic nitrogens is 2. The number of anilines is 1. The van der Waals surface area contributed by atoms with E-state index in [0.717, 1.165) is 10.2 Å². The molecule has 8 heteroatoms. The van der Waals surface area contributed by atoms with Crippen LogP contribution in [-0.2, 0) is 11.3 Å². The van der Waals surface area contributed by atoms with Crippen LogP contribution >= 0.6 is 34.8 Å². The monoisotopic (exact) mass is 345 g/mol. The molecule has 0 unspecified atom stereocenters. The van der Waals surface area contributed by atoms with Gasteiger partial charge in [-0.15, -0.1) is 0 Å². The molecule has 5 nitrogen and oxygen atoms in total. The van der Waals surface area contributed by atoms with Gasteiger partial charge in [0.1, 0.15) is 11.6 Å². The van der Waals surface area contributed by atoms with Gasteiger partial charge in [-0.2, -0.15) is 5.10 Å². The number of nitrogens with one attached hydrogen (secondary N) is 1. The highest BCUT2D eigenvalue weighted by atomic mass is 35.5. The molecular formula is C13H10Cl3N3O2. The van der Waals surface area contributed by atoms with E-state index in [2.05, 4.69) is 10.4 Å². The van der Waals surface area contributed by atoms with Crippen LogP contribution in [0.5, 0.6) is 0 Å². The van der Waals surface area contributed by atoms with Crippen LogP contribution in [0.3, 0.4) is 0 Å². The van der Waals surface area contributed by atoms with Gasteiger partial charge >= 0.3 is 0 Å². The highest BCUT2D eigenvalue weighted by molar-refractivity contribution is 6.41. The van der Waals surface area contributed by atoms with Crippen molar-refractivity contribution >= 4 is 46.4 Å². The Morgan fingerprint density at radius 1 is 1.29 bits per heavy atom. The molecule has 0 atom stereocenters. The Kier molecular flexibility index (Phi) is 4.88. The van der Waals surface area contributed by atoms with E-state index in [0.29, 0.717) is 10.7 Å². The summed E-state index contributed by atoms with van der Waals surface area (Å²) in [6, 6.07) is 5.21. The van der Waals surface area contributed by atoms with Gasteiger partial charge in [0.25, 0.3) is 5.56 Å². The minimum atomic E-state index is -0.630. The summed E-state index contributed by atoms with van der Waals surface area (Å²) in [7, 11) is 0. The smallest absolute Gasteiger partial charge is 0.287 e. The number of benzene rings is 1. The first-order valence-electron chi connectivity index (χ1n) is 5.85. The molecule has 0 aliphatic heterocycles. The van der Waals surface area contributed by atoms with Crippen LogP contribution in [0, 0.1) is 6.92 Å². The average molecular weight is 347 g/mol. The molecule has 0 aliphatic carbocycles. The van der Waals surface area contributed by atoms with Crippen LogP contribution in [0.1, 0.15) is 5.56 Å². The summed E-state index contributed by atoms with van der Waals surface area (Å²) in [6.45, 7) is 1.59. The minimum Gasteiger partial charge on any atom is -0.323 e. The van der Waals surface area contributed by atoms with Crippen molar-refractivity contribution in [3.05, 3.63) is 55.4 Å². The SMILES string of the molecule is Cc1ccc(NC(=O)Cn2ncc(Cl)c(Cl)c2=O)c(Cl)c1. The van der Waals surface area contributed by atoms with Crippen molar-refractivity contribution in [2.24, 2.45) is 0 Å². The minimum absolute atomic E-state index is 0.0416. The summed E-state index contributed by atoms with van der Waals surface area (Å²) >= 11 is 17.4. The van der Waals surface area contributed by atoms with Crippen LogP contribution in [0.15, 0.2) is 29.2 Å². The molecule has 1 amide bonds. The fraction of sp³-hybridized carbons (Fsp3) is 0.154. The lowest BCUT2D eigenvalue weighted by Crippen LogP contribution is -2.29. The maximum absolute atomic E-state index is 11.9. The number of amides is 1. The van der Waals surface area contributed by atoms with E-state index in [1.54, 1.807) is 12.1 Å². The zero-order valence-corrected chi connectivity index (χ0v) is 13.1. The van der Waals surface area contributed by atoms with Gasteiger partial charge in [0, 0.05) is 0 Å². The Morgan fingerprint density at radius 3 is 2.67 bits per heavy atom. The lowest BCUT2D eigenvalue weighted by Gasteiger charge is -2.09. The van der Waals surface area contributed by atoms with Crippen molar-refractivity contribution < 1.29 is 4.79 Å². The molecule has 0 spiro atoms. The van der Waals surface area contributed by atoms with Crippen LogP contribution in [0.4, 0.5) is 5.69 Å². The highest BCUT2D eigenvalue weighted by Crippen LogP contribution is 2.22. The largest absolute Gasteiger partial charge is 0.323 e. The first kappa shape index (κ1) is 15.8. The Bertz CT molecular complexity index is 759. The van der Waals surface area contributed by atoms with Crippen LogP contribution in [0.25, 0.3) is 0 Å². The number of carbonyl (C=O) groups excluding carboxylic acids is 1. The van der Waals surface area contributed by atoms with E-state index >= 15 is 0 Å². The zero-order valence-electron chi connectivity index (χ0n) is 10.9. The second-order valence-electron chi connectivity index (χ2n) is 4.30. The van der Waals surface area contributed by atoms with Crippen molar-refractivity contribution in [1.82, 2.24) is 9.78 Å². The predicted molar refractivity (Wildman–Crippen MR) is 83.3 cm³/mol. The van der Waals surface area contributed by atoms with Crippen molar-refractivity contribution in [2.75, 3.05) is 5.32 Å². The molecule has 1 N–H and O–H groups in total. The van der Waals surface area contributed by atoms with Gasteiger partial charge in [0.2, 0.25) is 5.91 Å². The second-order valence-corrected chi connectivity index (χ2v) is 5.49. The molecule has 2 rings (SSSR count). The lowest BCUT2D eigenvalue weighted by atomic mass is 10.2. The highest BCUT2D eigenvalue weighted by Gasteiger charge is 2.12. The van der Waals surface area contributed by atoms with E-state index in [-0.39, 0.29) is 16.6 Å². The fourth-order valence-corrected chi connectivity index (χ4v) is 2.16. The van der Waals surface area contributed by atoms with Crippen LogP contribution in [-0.4, -0.2) is 15.7 Å². The number of rotatable bonds is 3. The number of hydrogen-bond acceptors (Lipinski definition) is 3. The first-order chi connectivity index (χ1) is 9.88. The second kappa shape index (κ2) is 6.47. The Morgan fingerprint density at radius 2 is 2.00 bits per heavy atom. The first-order valence-corrected chi connectivity index (χ1v) is 6.99. The van der Waals surface area contributed by atoms with E-state index in [1.807, 2.05) is 13.0 Å². The summed E-state index contributed by atoms with van der Waals surface area (Å²) in [4.78, 5) is 23.7. The molecule has 110 valence electrons. The van der Waals surface area contributed by atoms with Gasteiger partial charge in [0.05, 0.1) is 21.9 Å². The average Bonchev–Trinajstić information content (AvgIpc) is 2.43. The number of nitrogens with zero attached hydrogens (tertiary/aromatic N) is 2. The number of hydrogen-bond donors (Lipinski definition) is 1. The van der Waals surface area contributed by atoms with E-state index in [1.165, 1.54) is 6.20 Å². The lowest BCUT2D eigenvalue weighted by molar-refractivity contribution is -0.117. The number of halogens is 3. The Hall–Kier alpha value is -1.56. The van der Waals surface area contributed by atoms with Gasteiger partial charge in [-0.3, -0.25) is 9.59 Å². The quantitative estimate of drug-likeness (QED) is 0.928. The zero-order chi connectivity index (χ0) is 15.6. The molecule has 0 aliphatic rings. The van der Waals surface area contributed by atoms with Crippen molar-refractivity contribution in [3.63, 3.8) is 0 Å². The summed E-state index contributed by atoms with van der Waals surface area (Å²) in [5.74, 6) is -0.450. The van der Waals surface area contributed by atoms with Gasteiger partial charge in [-0.1, -0.05) is 40.9 Å². The topological polar surface area (TPSA) is 64.0 Å². The third-order valence-electron chi connectivity index (χ3n) is 2.63. The summed E-state index contributed by atoms with van der Waals surface area (Å²) < 4.78 is 0.922.